The van der Waals surface area contributed by atoms with Gasteiger partial charge in [0.25, 0.3) is 0 Å². The van der Waals surface area contributed by atoms with Crippen molar-refractivity contribution in [2.45, 2.75) is 26.3 Å². The third-order valence-corrected chi connectivity index (χ3v) is 2.33. The summed E-state index contributed by atoms with van der Waals surface area (Å²) < 4.78 is 5.40. The van der Waals surface area contributed by atoms with Crippen LogP contribution in [0.4, 0.5) is 0 Å². The minimum absolute atomic E-state index is 0.133. The summed E-state index contributed by atoms with van der Waals surface area (Å²) in [6.07, 6.45) is 0.814. The fourth-order valence-corrected chi connectivity index (χ4v) is 1.60. The van der Waals surface area contributed by atoms with Gasteiger partial charge in [-0.2, -0.15) is 0 Å². The summed E-state index contributed by atoms with van der Waals surface area (Å²) in [5.41, 5.74) is 6.84. The van der Waals surface area contributed by atoms with E-state index in [9.17, 15) is 0 Å². The van der Waals surface area contributed by atoms with Crippen molar-refractivity contribution in [2.24, 2.45) is 5.73 Å². The molecule has 16 heavy (non-hydrogen) atoms. The molecule has 0 saturated heterocycles. The van der Waals surface area contributed by atoms with E-state index in [1.165, 1.54) is 0 Å². The van der Waals surface area contributed by atoms with Gasteiger partial charge in [0.05, 0.1) is 5.02 Å². The van der Waals surface area contributed by atoms with Crippen LogP contribution >= 0.6 is 11.6 Å². The lowest BCUT2D eigenvalue weighted by Crippen LogP contribution is -2.17. The van der Waals surface area contributed by atoms with Crippen molar-refractivity contribution in [3.63, 3.8) is 0 Å². The Labute approximate surface area is 102 Å². The molecule has 1 aromatic rings. The van der Waals surface area contributed by atoms with Gasteiger partial charge in [0.1, 0.15) is 12.4 Å². The molecular weight excluding hydrogens is 222 g/mol. The molecule has 2 N–H and O–H groups in total. The summed E-state index contributed by atoms with van der Waals surface area (Å²) in [4.78, 5) is 0. The standard InChI is InChI=1S/C13H16ClNO/c1-3-4-7-16-13-6-5-11(8-10(2)15)9-12(13)14/h5-6,9-10H,7-8,15H2,1-2H3. The Morgan fingerprint density at radius 3 is 2.81 bits per heavy atom. The summed E-state index contributed by atoms with van der Waals surface area (Å²) >= 11 is 6.08. The van der Waals surface area contributed by atoms with Crippen LogP contribution < -0.4 is 10.5 Å². The van der Waals surface area contributed by atoms with E-state index in [1.54, 1.807) is 6.92 Å². The number of ether oxygens (including phenoxy) is 1. The summed E-state index contributed by atoms with van der Waals surface area (Å²) in [5, 5.41) is 0.607. The molecule has 0 bridgehead atoms. The molecule has 0 aliphatic rings. The van der Waals surface area contributed by atoms with E-state index >= 15 is 0 Å². The topological polar surface area (TPSA) is 35.2 Å². The number of hydrogen-bond acceptors (Lipinski definition) is 2. The van der Waals surface area contributed by atoms with Crippen LogP contribution in [0.5, 0.6) is 5.75 Å². The lowest BCUT2D eigenvalue weighted by Gasteiger charge is -2.09. The molecule has 0 heterocycles. The van der Waals surface area contributed by atoms with Crippen LogP contribution in [0, 0.1) is 11.8 Å². The van der Waals surface area contributed by atoms with Gasteiger partial charge in [0.2, 0.25) is 0 Å². The molecule has 0 spiro atoms. The summed E-state index contributed by atoms with van der Waals surface area (Å²) in [6, 6.07) is 5.86. The van der Waals surface area contributed by atoms with Gasteiger partial charge in [-0.1, -0.05) is 23.6 Å². The van der Waals surface area contributed by atoms with Crippen molar-refractivity contribution in [1.29, 1.82) is 0 Å². The number of nitrogens with two attached hydrogens (primary N) is 1. The third kappa shape index (κ3) is 4.14. The van der Waals surface area contributed by atoms with Crippen molar-refractivity contribution in [3.8, 4) is 17.6 Å². The van der Waals surface area contributed by atoms with Crippen LogP contribution in [-0.4, -0.2) is 12.6 Å². The maximum Gasteiger partial charge on any atom is 0.149 e. The van der Waals surface area contributed by atoms with E-state index in [-0.39, 0.29) is 6.04 Å². The van der Waals surface area contributed by atoms with Crippen molar-refractivity contribution in [3.05, 3.63) is 28.8 Å². The average Bonchev–Trinajstić information content (AvgIpc) is 2.20. The SMILES string of the molecule is CC#CCOc1ccc(CC(C)N)cc1Cl. The largest absolute Gasteiger partial charge is 0.479 e. The van der Waals surface area contributed by atoms with Crippen molar-refractivity contribution < 1.29 is 4.74 Å². The highest BCUT2D eigenvalue weighted by molar-refractivity contribution is 6.32. The second kappa shape index (κ2) is 6.42. The number of benzene rings is 1. The normalized spacial score (nSPS) is 11.5. The molecule has 0 amide bonds. The van der Waals surface area contributed by atoms with Crippen molar-refractivity contribution in [2.75, 3.05) is 6.61 Å². The molecule has 0 saturated carbocycles. The molecule has 3 heteroatoms. The Balaban J connectivity index is 2.69. The molecule has 0 radical (unpaired) electrons. The Kier molecular flexibility index (Phi) is 5.18. The Hall–Kier alpha value is -1.17. The molecule has 1 rings (SSSR count). The van der Waals surface area contributed by atoms with Crippen molar-refractivity contribution in [1.82, 2.24) is 0 Å². The first-order valence-electron chi connectivity index (χ1n) is 5.20. The predicted octanol–water partition coefficient (Wildman–Crippen LogP) is 2.63. The maximum atomic E-state index is 6.08. The minimum atomic E-state index is 0.133. The smallest absolute Gasteiger partial charge is 0.149 e. The van der Waals surface area contributed by atoms with Crippen molar-refractivity contribution >= 4 is 11.6 Å². The first kappa shape index (κ1) is 12.9. The van der Waals surface area contributed by atoms with Crippen LogP contribution in [0.25, 0.3) is 0 Å². The van der Waals surface area contributed by atoms with Crippen LogP contribution in [0.1, 0.15) is 19.4 Å². The summed E-state index contributed by atoms with van der Waals surface area (Å²) in [5.74, 6) is 6.24. The van der Waals surface area contributed by atoms with E-state index in [0.29, 0.717) is 17.4 Å². The minimum Gasteiger partial charge on any atom is -0.479 e. The number of hydrogen-bond donors (Lipinski definition) is 1. The second-order valence-corrected chi connectivity index (χ2v) is 4.07. The van der Waals surface area contributed by atoms with E-state index in [1.807, 2.05) is 25.1 Å². The van der Waals surface area contributed by atoms with Gasteiger partial charge in [0.15, 0.2) is 0 Å². The van der Waals surface area contributed by atoms with Gasteiger partial charge in [-0.05, 0) is 38.0 Å². The van der Waals surface area contributed by atoms with Gasteiger partial charge < -0.3 is 10.5 Å². The zero-order chi connectivity index (χ0) is 12.0. The van der Waals surface area contributed by atoms with E-state index in [4.69, 9.17) is 22.1 Å². The highest BCUT2D eigenvalue weighted by atomic mass is 35.5. The Morgan fingerprint density at radius 2 is 2.25 bits per heavy atom. The second-order valence-electron chi connectivity index (χ2n) is 3.66. The Morgan fingerprint density at radius 1 is 1.50 bits per heavy atom. The molecule has 0 aliphatic heterocycles. The number of halogens is 1. The third-order valence-electron chi connectivity index (χ3n) is 2.03. The first-order chi connectivity index (χ1) is 7.63. The molecule has 0 fully saturated rings. The molecule has 2 nitrogen and oxygen atoms in total. The van der Waals surface area contributed by atoms with E-state index in [0.717, 1.165) is 12.0 Å². The fraction of sp³-hybridized carbons (Fsp3) is 0.385. The van der Waals surface area contributed by atoms with Gasteiger partial charge in [0, 0.05) is 6.04 Å². The molecular formula is C13H16ClNO. The van der Waals surface area contributed by atoms with E-state index < -0.39 is 0 Å². The maximum absolute atomic E-state index is 6.08. The Bertz CT molecular complexity index is 404. The zero-order valence-electron chi connectivity index (χ0n) is 9.59. The summed E-state index contributed by atoms with van der Waals surface area (Å²) in [6.45, 7) is 4.11. The number of rotatable bonds is 4. The lowest BCUT2D eigenvalue weighted by molar-refractivity contribution is 0.370. The average molecular weight is 238 g/mol. The van der Waals surface area contributed by atoms with Gasteiger partial charge in [-0.15, -0.1) is 5.92 Å². The van der Waals surface area contributed by atoms with Crippen LogP contribution in [0.3, 0.4) is 0 Å². The monoisotopic (exact) mass is 237 g/mol. The van der Waals surface area contributed by atoms with Crippen LogP contribution in [-0.2, 0) is 6.42 Å². The zero-order valence-corrected chi connectivity index (χ0v) is 10.3. The van der Waals surface area contributed by atoms with Gasteiger partial charge >= 0.3 is 0 Å². The molecule has 1 atom stereocenters. The molecule has 0 aromatic heterocycles. The van der Waals surface area contributed by atoms with Crippen LogP contribution in [0.2, 0.25) is 5.02 Å². The predicted molar refractivity (Wildman–Crippen MR) is 67.8 cm³/mol. The van der Waals surface area contributed by atoms with E-state index in [2.05, 4.69) is 11.8 Å². The summed E-state index contributed by atoms with van der Waals surface area (Å²) in [7, 11) is 0. The highest BCUT2D eigenvalue weighted by Gasteiger charge is 2.04. The van der Waals surface area contributed by atoms with Crippen LogP contribution in [0.15, 0.2) is 18.2 Å². The first-order valence-corrected chi connectivity index (χ1v) is 5.57. The fourth-order valence-electron chi connectivity index (χ4n) is 1.35. The highest BCUT2D eigenvalue weighted by Crippen LogP contribution is 2.25. The lowest BCUT2D eigenvalue weighted by atomic mass is 10.1. The quantitative estimate of drug-likeness (QED) is 0.818. The van der Waals surface area contributed by atoms with Gasteiger partial charge in [-0.3, -0.25) is 0 Å². The molecule has 0 aliphatic carbocycles. The molecule has 1 unspecified atom stereocenters. The van der Waals surface area contributed by atoms with Gasteiger partial charge in [-0.25, -0.2) is 0 Å². The molecule has 86 valence electrons. The molecule has 1 aromatic carbocycles.